The number of anilines is 1. The SMILES string of the molecule is C#C[C@@H](O)[C@@H](O[C@@H](CO)COC(Cc1ccc(-c2cccn(C)c2=O)cc1)(C(=O)O)C(=O)O)n1cnc2c(N)nc(Cl)nc21. The number of benzene rings is 1. The molecule has 15 nitrogen and oxygen atoms in total. The van der Waals surface area contributed by atoms with E-state index in [0.717, 1.165) is 0 Å². The number of rotatable bonds is 13. The molecule has 44 heavy (non-hydrogen) atoms. The lowest BCUT2D eigenvalue weighted by Gasteiger charge is -2.30. The monoisotopic (exact) mass is 626 g/mol. The van der Waals surface area contributed by atoms with Crippen LogP contribution in [0, 0.1) is 12.3 Å². The molecule has 0 aliphatic heterocycles. The summed E-state index contributed by atoms with van der Waals surface area (Å²) in [6.45, 7) is -1.56. The van der Waals surface area contributed by atoms with Crippen LogP contribution in [0.15, 0.2) is 53.7 Å². The number of hydrogen-bond acceptors (Lipinski definition) is 11. The summed E-state index contributed by atoms with van der Waals surface area (Å²) in [4.78, 5) is 49.0. The number of nitrogens with zero attached hydrogens (tertiary/aromatic N) is 5. The molecule has 0 saturated heterocycles. The number of aliphatic carboxylic acids is 2. The first-order valence-corrected chi connectivity index (χ1v) is 13.2. The van der Waals surface area contributed by atoms with Gasteiger partial charge in [0.2, 0.25) is 5.28 Å². The van der Waals surface area contributed by atoms with E-state index in [9.17, 15) is 34.8 Å². The van der Waals surface area contributed by atoms with Gasteiger partial charge in [0.15, 0.2) is 23.8 Å². The molecule has 0 fully saturated rings. The summed E-state index contributed by atoms with van der Waals surface area (Å²) in [6.07, 6.45) is 3.04. The van der Waals surface area contributed by atoms with Gasteiger partial charge in [-0.25, -0.2) is 14.6 Å². The van der Waals surface area contributed by atoms with Crippen molar-refractivity contribution in [2.24, 2.45) is 7.05 Å². The molecule has 3 atom stereocenters. The minimum atomic E-state index is -2.81. The maximum Gasteiger partial charge on any atom is 0.348 e. The van der Waals surface area contributed by atoms with Gasteiger partial charge in [0.25, 0.3) is 11.2 Å². The number of pyridine rings is 1. The van der Waals surface area contributed by atoms with E-state index in [1.54, 1.807) is 37.5 Å². The fraction of sp³-hybridized carbons (Fsp3) is 0.286. The number of aryl methyl sites for hydroxylation is 1. The second-order valence-corrected chi connectivity index (χ2v) is 9.94. The quantitative estimate of drug-likeness (QED) is 0.0773. The van der Waals surface area contributed by atoms with E-state index in [0.29, 0.717) is 11.1 Å². The highest BCUT2D eigenvalue weighted by Gasteiger charge is 2.49. The molecule has 0 aliphatic carbocycles. The Bertz CT molecular complexity index is 1770. The summed E-state index contributed by atoms with van der Waals surface area (Å²) < 4.78 is 13.8. The Morgan fingerprint density at radius 1 is 1.18 bits per heavy atom. The average Bonchev–Trinajstić information content (AvgIpc) is 3.41. The molecule has 0 amide bonds. The molecule has 0 saturated carbocycles. The van der Waals surface area contributed by atoms with Crippen LogP contribution in [0.2, 0.25) is 5.28 Å². The lowest BCUT2D eigenvalue weighted by Crippen LogP contribution is -2.52. The molecule has 1 aromatic carbocycles. The number of fused-ring (bicyclic) bond motifs is 1. The normalized spacial score (nSPS) is 13.7. The third-order valence-corrected chi connectivity index (χ3v) is 6.89. The van der Waals surface area contributed by atoms with E-state index in [1.165, 1.54) is 27.6 Å². The Kier molecular flexibility index (Phi) is 9.62. The number of carbonyl (C=O) groups is 2. The summed E-state index contributed by atoms with van der Waals surface area (Å²) in [5.74, 6) is -1.61. The Labute approximate surface area is 254 Å². The van der Waals surface area contributed by atoms with Gasteiger partial charge in [0.1, 0.15) is 11.6 Å². The molecular weight excluding hydrogens is 600 g/mol. The molecule has 0 radical (unpaired) electrons. The minimum Gasteiger partial charge on any atom is -0.479 e. The van der Waals surface area contributed by atoms with E-state index < -0.39 is 55.6 Å². The number of aliphatic hydroxyl groups excluding tert-OH is 2. The van der Waals surface area contributed by atoms with Crippen molar-refractivity contribution >= 4 is 40.5 Å². The molecule has 4 rings (SSSR count). The van der Waals surface area contributed by atoms with Crippen molar-refractivity contribution < 1.29 is 39.5 Å². The first-order chi connectivity index (χ1) is 20.9. The van der Waals surface area contributed by atoms with Crippen molar-refractivity contribution in [2.75, 3.05) is 18.9 Å². The van der Waals surface area contributed by atoms with Gasteiger partial charge in [-0.05, 0) is 34.9 Å². The third kappa shape index (κ3) is 6.39. The van der Waals surface area contributed by atoms with Crippen LogP contribution in [0.1, 0.15) is 11.8 Å². The molecule has 0 aliphatic rings. The number of nitrogens with two attached hydrogens (primary N) is 1. The Morgan fingerprint density at radius 3 is 2.48 bits per heavy atom. The zero-order valence-electron chi connectivity index (χ0n) is 23.1. The van der Waals surface area contributed by atoms with E-state index in [1.807, 2.05) is 0 Å². The van der Waals surface area contributed by atoms with Gasteiger partial charge >= 0.3 is 11.9 Å². The molecule has 0 unspecified atom stereocenters. The highest BCUT2D eigenvalue weighted by atomic mass is 35.5. The molecule has 0 spiro atoms. The van der Waals surface area contributed by atoms with Gasteiger partial charge in [-0.1, -0.05) is 30.2 Å². The number of aliphatic hydroxyl groups is 2. The van der Waals surface area contributed by atoms with Crippen LogP contribution >= 0.6 is 11.6 Å². The van der Waals surface area contributed by atoms with Gasteiger partial charge < -0.3 is 40.2 Å². The number of carboxylic acids is 2. The molecule has 6 N–H and O–H groups in total. The second-order valence-electron chi connectivity index (χ2n) is 9.60. The zero-order valence-corrected chi connectivity index (χ0v) is 23.8. The summed E-state index contributed by atoms with van der Waals surface area (Å²) in [5, 5.41) is 40.3. The predicted molar refractivity (Wildman–Crippen MR) is 155 cm³/mol. The number of nitrogen functional groups attached to an aromatic ring is 1. The van der Waals surface area contributed by atoms with Crippen molar-refractivity contribution in [2.45, 2.75) is 30.5 Å². The van der Waals surface area contributed by atoms with Gasteiger partial charge in [0.05, 0.1) is 19.5 Å². The predicted octanol–water partition coefficient (Wildman–Crippen LogP) is 0.465. The number of ether oxygens (including phenoxy) is 2. The van der Waals surface area contributed by atoms with Crippen LogP contribution < -0.4 is 11.3 Å². The topological polar surface area (TPSA) is 225 Å². The summed E-state index contributed by atoms with van der Waals surface area (Å²) >= 11 is 5.91. The van der Waals surface area contributed by atoms with Crippen LogP contribution in [0.25, 0.3) is 22.3 Å². The smallest absolute Gasteiger partial charge is 0.348 e. The van der Waals surface area contributed by atoms with Gasteiger partial charge in [0, 0.05) is 25.2 Å². The highest BCUT2D eigenvalue weighted by molar-refractivity contribution is 6.28. The Balaban J connectivity index is 1.58. The number of aromatic nitrogens is 5. The fourth-order valence-electron chi connectivity index (χ4n) is 4.36. The first kappa shape index (κ1) is 32.1. The van der Waals surface area contributed by atoms with Crippen LogP contribution in [0.5, 0.6) is 0 Å². The van der Waals surface area contributed by atoms with E-state index in [4.69, 9.17) is 33.2 Å². The fourth-order valence-corrected chi connectivity index (χ4v) is 4.53. The molecule has 16 heteroatoms. The number of terminal acetylenes is 1. The van der Waals surface area contributed by atoms with E-state index in [2.05, 4.69) is 20.9 Å². The summed E-state index contributed by atoms with van der Waals surface area (Å²) in [5.41, 5.74) is 4.12. The van der Waals surface area contributed by atoms with E-state index in [-0.39, 0.29) is 33.4 Å². The lowest BCUT2D eigenvalue weighted by molar-refractivity contribution is -0.195. The second kappa shape index (κ2) is 13.2. The van der Waals surface area contributed by atoms with Crippen molar-refractivity contribution in [1.82, 2.24) is 24.1 Å². The Hall–Kier alpha value is -4.85. The van der Waals surface area contributed by atoms with Crippen molar-refractivity contribution in [3.8, 4) is 23.5 Å². The summed E-state index contributed by atoms with van der Waals surface area (Å²) in [7, 11) is 1.60. The van der Waals surface area contributed by atoms with Crippen LogP contribution in [0.4, 0.5) is 5.82 Å². The molecule has 4 aromatic rings. The standard InChI is InChI=1S/C28H27ClN6O9/c1-3-19(37)24(35-14-31-20-21(30)32-27(29)33-22(20)35)44-17(12-36)13-43-28(25(39)40,26(41)42)11-15-6-8-16(9-7-15)18-5-4-10-34(2)23(18)38/h1,4-10,14,17,19,24,36-37H,11-13H2,2H3,(H,39,40)(H,41,42)(H2,30,32,33)/t17-,19+,24+/m0/s1. The van der Waals surface area contributed by atoms with Crippen molar-refractivity contribution in [3.63, 3.8) is 0 Å². The maximum absolute atomic E-state index is 12.5. The average molecular weight is 627 g/mol. The van der Waals surface area contributed by atoms with Crippen LogP contribution in [-0.4, -0.2) is 87.5 Å². The van der Waals surface area contributed by atoms with Crippen LogP contribution in [-0.2, 0) is 32.5 Å². The third-order valence-electron chi connectivity index (χ3n) is 6.72. The number of imidazole rings is 1. The van der Waals surface area contributed by atoms with Crippen LogP contribution in [0.3, 0.4) is 0 Å². The summed E-state index contributed by atoms with van der Waals surface area (Å²) in [6, 6.07) is 9.40. The molecule has 3 heterocycles. The molecular formula is C28H27ClN6O9. The Morgan fingerprint density at radius 2 is 1.86 bits per heavy atom. The lowest BCUT2D eigenvalue weighted by atomic mass is 9.93. The highest BCUT2D eigenvalue weighted by Crippen LogP contribution is 2.27. The number of halogens is 1. The van der Waals surface area contributed by atoms with Gasteiger partial charge in [-0.3, -0.25) is 9.36 Å². The molecule has 230 valence electrons. The van der Waals surface area contributed by atoms with Gasteiger partial charge in [-0.15, -0.1) is 6.42 Å². The van der Waals surface area contributed by atoms with Crippen molar-refractivity contribution in [3.05, 3.63) is 70.1 Å². The first-order valence-electron chi connectivity index (χ1n) is 12.8. The van der Waals surface area contributed by atoms with Crippen molar-refractivity contribution in [1.29, 1.82) is 0 Å². The molecule has 3 aromatic heterocycles. The maximum atomic E-state index is 12.5. The van der Waals surface area contributed by atoms with Gasteiger partial charge in [-0.2, -0.15) is 9.97 Å². The van der Waals surface area contributed by atoms with E-state index >= 15 is 0 Å². The largest absolute Gasteiger partial charge is 0.479 e. The number of carboxylic acid groups (broad SMARTS) is 2. The molecule has 0 bridgehead atoms. The zero-order chi connectivity index (χ0) is 32.2. The minimum absolute atomic E-state index is 0.0293. The number of hydrogen-bond donors (Lipinski definition) is 5.